The summed E-state index contributed by atoms with van der Waals surface area (Å²) < 4.78 is 0. The quantitative estimate of drug-likeness (QED) is 0.533. The molecule has 0 unspecified atom stereocenters. The number of carbonyl (C=O) groups excluding carboxylic acids is 1. The molecule has 2 aliphatic rings. The van der Waals surface area contributed by atoms with E-state index in [2.05, 4.69) is 0 Å². The third kappa shape index (κ3) is 1.83. The van der Waals surface area contributed by atoms with Crippen LogP contribution in [0.2, 0.25) is 0 Å². The van der Waals surface area contributed by atoms with Crippen molar-refractivity contribution in [3.63, 3.8) is 0 Å². The summed E-state index contributed by atoms with van der Waals surface area (Å²) in [5.41, 5.74) is 11.5. The van der Waals surface area contributed by atoms with Crippen LogP contribution in [0.3, 0.4) is 0 Å². The van der Waals surface area contributed by atoms with Gasteiger partial charge in [0.2, 0.25) is 0 Å². The van der Waals surface area contributed by atoms with Crippen molar-refractivity contribution in [1.82, 2.24) is 9.80 Å². The van der Waals surface area contributed by atoms with Crippen molar-refractivity contribution in [2.75, 3.05) is 26.2 Å². The first kappa shape index (κ1) is 9.73. The zero-order valence-corrected chi connectivity index (χ0v) is 8.35. The van der Waals surface area contributed by atoms with Gasteiger partial charge in [0.15, 0.2) is 0 Å². The van der Waals surface area contributed by atoms with Gasteiger partial charge >= 0.3 is 6.03 Å². The van der Waals surface area contributed by atoms with Crippen molar-refractivity contribution in [2.24, 2.45) is 11.5 Å². The first-order chi connectivity index (χ1) is 6.66. The number of nitrogens with zero attached hydrogens (tertiary/aromatic N) is 2. The number of urea groups is 1. The summed E-state index contributed by atoms with van der Waals surface area (Å²) in [6, 6.07) is 0.441. The Morgan fingerprint density at radius 2 is 1.43 bits per heavy atom. The van der Waals surface area contributed by atoms with E-state index >= 15 is 0 Å². The number of likely N-dealkylation sites (tertiary alicyclic amines) is 2. The van der Waals surface area contributed by atoms with Gasteiger partial charge in [0.05, 0.1) is 0 Å². The number of hydrogen-bond acceptors (Lipinski definition) is 3. The molecular formula is C9H18N4O. The van der Waals surface area contributed by atoms with Crippen molar-refractivity contribution >= 4 is 6.03 Å². The van der Waals surface area contributed by atoms with E-state index < -0.39 is 0 Å². The topological polar surface area (TPSA) is 75.6 Å². The molecule has 2 atom stereocenters. The average Bonchev–Trinajstić information content (AvgIpc) is 2.73. The van der Waals surface area contributed by atoms with Gasteiger partial charge < -0.3 is 21.3 Å². The fourth-order valence-corrected chi connectivity index (χ4v) is 2.12. The minimum absolute atomic E-state index is 0.117. The predicted octanol–water partition coefficient (Wildman–Crippen LogP) is -0.828. The van der Waals surface area contributed by atoms with Crippen LogP contribution in [0.4, 0.5) is 4.79 Å². The van der Waals surface area contributed by atoms with Gasteiger partial charge in [-0.1, -0.05) is 0 Å². The largest absolute Gasteiger partial charge is 0.326 e. The lowest BCUT2D eigenvalue weighted by Gasteiger charge is -2.23. The van der Waals surface area contributed by atoms with Gasteiger partial charge in [0.1, 0.15) is 0 Å². The molecule has 14 heavy (non-hydrogen) atoms. The first-order valence-corrected chi connectivity index (χ1v) is 5.22. The maximum absolute atomic E-state index is 11.9. The van der Waals surface area contributed by atoms with Crippen LogP contribution in [0.15, 0.2) is 0 Å². The maximum atomic E-state index is 11.9. The van der Waals surface area contributed by atoms with Gasteiger partial charge in [-0.05, 0) is 12.8 Å². The molecule has 0 aromatic heterocycles. The Morgan fingerprint density at radius 1 is 1.00 bits per heavy atom. The molecule has 0 saturated carbocycles. The van der Waals surface area contributed by atoms with E-state index in [1.165, 1.54) is 0 Å². The lowest BCUT2D eigenvalue weighted by atomic mass is 10.3. The highest BCUT2D eigenvalue weighted by molar-refractivity contribution is 5.75. The molecule has 0 spiro atoms. The second-order valence-corrected chi connectivity index (χ2v) is 4.27. The van der Waals surface area contributed by atoms with Gasteiger partial charge in [-0.3, -0.25) is 0 Å². The van der Waals surface area contributed by atoms with Gasteiger partial charge in [-0.25, -0.2) is 4.79 Å². The van der Waals surface area contributed by atoms with E-state index in [0.29, 0.717) is 13.1 Å². The molecule has 0 bridgehead atoms. The Morgan fingerprint density at radius 3 is 1.71 bits per heavy atom. The molecule has 2 fully saturated rings. The molecular weight excluding hydrogens is 180 g/mol. The average molecular weight is 198 g/mol. The fourth-order valence-electron chi connectivity index (χ4n) is 2.12. The van der Waals surface area contributed by atoms with Crippen LogP contribution in [0.5, 0.6) is 0 Å². The Labute approximate surface area is 84.0 Å². The van der Waals surface area contributed by atoms with E-state index in [1.54, 1.807) is 0 Å². The predicted molar refractivity (Wildman–Crippen MR) is 53.7 cm³/mol. The Kier molecular flexibility index (Phi) is 2.60. The summed E-state index contributed by atoms with van der Waals surface area (Å²) in [6.45, 7) is 2.99. The Bertz CT molecular complexity index is 211. The summed E-state index contributed by atoms with van der Waals surface area (Å²) in [7, 11) is 0. The monoisotopic (exact) mass is 198 g/mol. The molecule has 2 saturated heterocycles. The first-order valence-electron chi connectivity index (χ1n) is 5.22. The SMILES string of the molecule is N[C@@H]1CCN(C(=O)N2CC[C@@H](N)C2)C1. The summed E-state index contributed by atoms with van der Waals surface area (Å²) >= 11 is 0. The highest BCUT2D eigenvalue weighted by Gasteiger charge is 2.30. The molecule has 2 rings (SSSR count). The Balaban J connectivity index is 1.89. The number of nitrogens with two attached hydrogens (primary N) is 2. The molecule has 2 heterocycles. The lowest BCUT2D eigenvalue weighted by Crippen LogP contribution is -2.42. The van der Waals surface area contributed by atoms with E-state index in [4.69, 9.17) is 11.5 Å². The van der Waals surface area contributed by atoms with Gasteiger partial charge in [0, 0.05) is 38.3 Å². The normalized spacial score (nSPS) is 32.7. The molecule has 0 radical (unpaired) electrons. The molecule has 4 N–H and O–H groups in total. The maximum Gasteiger partial charge on any atom is 0.320 e. The van der Waals surface area contributed by atoms with E-state index in [1.807, 2.05) is 9.80 Å². The number of amides is 2. The highest BCUT2D eigenvalue weighted by atomic mass is 16.2. The standard InChI is InChI=1S/C9H18N4O/c10-7-1-3-12(5-7)9(14)13-4-2-8(11)6-13/h7-8H,1-6,10-11H2/t7-,8-/m1/s1. The van der Waals surface area contributed by atoms with Crippen LogP contribution < -0.4 is 11.5 Å². The summed E-state index contributed by atoms with van der Waals surface area (Å²) in [6.07, 6.45) is 1.84. The van der Waals surface area contributed by atoms with E-state index in [0.717, 1.165) is 25.9 Å². The molecule has 0 aromatic rings. The van der Waals surface area contributed by atoms with Gasteiger partial charge in [-0.2, -0.15) is 0 Å². The van der Waals surface area contributed by atoms with Crippen LogP contribution in [-0.4, -0.2) is 54.1 Å². The molecule has 0 aromatic carbocycles. The van der Waals surface area contributed by atoms with Gasteiger partial charge in [-0.15, -0.1) is 0 Å². The van der Waals surface area contributed by atoms with Gasteiger partial charge in [0.25, 0.3) is 0 Å². The third-order valence-corrected chi connectivity index (χ3v) is 2.99. The third-order valence-electron chi connectivity index (χ3n) is 2.99. The minimum Gasteiger partial charge on any atom is -0.326 e. The second kappa shape index (κ2) is 3.74. The highest BCUT2D eigenvalue weighted by Crippen LogP contribution is 2.14. The molecule has 2 amide bonds. The van der Waals surface area contributed by atoms with Crippen LogP contribution in [0.1, 0.15) is 12.8 Å². The number of hydrogen-bond donors (Lipinski definition) is 2. The molecule has 80 valence electrons. The van der Waals surface area contributed by atoms with Crippen LogP contribution in [-0.2, 0) is 0 Å². The Hall–Kier alpha value is -0.810. The molecule has 0 aliphatic carbocycles. The van der Waals surface area contributed by atoms with Crippen molar-refractivity contribution in [2.45, 2.75) is 24.9 Å². The minimum atomic E-state index is 0.117. The molecule has 2 aliphatic heterocycles. The molecule has 5 heteroatoms. The zero-order valence-electron chi connectivity index (χ0n) is 8.35. The van der Waals surface area contributed by atoms with Crippen LogP contribution in [0.25, 0.3) is 0 Å². The lowest BCUT2D eigenvalue weighted by molar-refractivity contribution is 0.172. The van der Waals surface area contributed by atoms with Crippen molar-refractivity contribution in [3.8, 4) is 0 Å². The smallest absolute Gasteiger partial charge is 0.320 e. The number of carbonyl (C=O) groups is 1. The fraction of sp³-hybridized carbons (Fsp3) is 0.889. The van der Waals surface area contributed by atoms with E-state index in [-0.39, 0.29) is 18.1 Å². The van der Waals surface area contributed by atoms with Crippen LogP contribution in [0, 0.1) is 0 Å². The van der Waals surface area contributed by atoms with Crippen molar-refractivity contribution in [3.05, 3.63) is 0 Å². The summed E-state index contributed by atoms with van der Waals surface area (Å²) in [5.74, 6) is 0. The van der Waals surface area contributed by atoms with Crippen LogP contribution >= 0.6 is 0 Å². The summed E-state index contributed by atoms with van der Waals surface area (Å²) in [4.78, 5) is 15.6. The molecule has 5 nitrogen and oxygen atoms in total. The second-order valence-electron chi connectivity index (χ2n) is 4.27. The van der Waals surface area contributed by atoms with Crippen molar-refractivity contribution < 1.29 is 4.79 Å². The zero-order chi connectivity index (χ0) is 10.1. The number of rotatable bonds is 0. The summed E-state index contributed by atoms with van der Waals surface area (Å²) in [5, 5.41) is 0. The van der Waals surface area contributed by atoms with E-state index in [9.17, 15) is 4.79 Å². The van der Waals surface area contributed by atoms with Crippen molar-refractivity contribution in [1.29, 1.82) is 0 Å².